The van der Waals surface area contributed by atoms with Crippen molar-refractivity contribution in [2.75, 3.05) is 26.8 Å². The van der Waals surface area contributed by atoms with Gasteiger partial charge in [0.2, 0.25) is 0 Å². The number of nitrogens with one attached hydrogen (secondary N) is 1. The lowest BCUT2D eigenvalue weighted by Gasteiger charge is -2.35. The van der Waals surface area contributed by atoms with Gasteiger partial charge >= 0.3 is 11.4 Å². The second-order valence-corrected chi connectivity index (χ2v) is 22.7. The minimum absolute atomic E-state index is 0.00442. The fourth-order valence-electron chi connectivity index (χ4n) is 11.1. The van der Waals surface area contributed by atoms with Gasteiger partial charge in [-0.25, -0.2) is 31.6 Å². The van der Waals surface area contributed by atoms with Crippen LogP contribution in [0.25, 0.3) is 28.1 Å². The first kappa shape index (κ1) is 44.1. The molecule has 3 aromatic carbocycles. The van der Waals surface area contributed by atoms with Gasteiger partial charge in [-0.05, 0) is 123 Å². The van der Waals surface area contributed by atoms with Gasteiger partial charge in [0, 0.05) is 60.0 Å². The molecule has 0 bridgehead atoms. The van der Waals surface area contributed by atoms with Crippen molar-refractivity contribution in [3.8, 4) is 17.2 Å². The SMILES string of the molecule is CN=[S@@](=O)(c1ccc(-n2ccn(-c3c4c(nn3-c3cc(C)c(F)c(C)c3)CCN(C(=O)c3cc5cc([C@H]6COCC(C)(C)C6)ccc5n3[C@@]3(c5noc(=O)[nH]5)C[C@@H]3C)[C@H]4C)c2=O)c(F)c1)C1CC1. The van der Waals surface area contributed by atoms with Gasteiger partial charge in [-0.15, -0.1) is 0 Å². The van der Waals surface area contributed by atoms with E-state index < -0.39 is 38.6 Å². The highest BCUT2D eigenvalue weighted by atomic mass is 32.2. The van der Waals surface area contributed by atoms with Gasteiger partial charge in [-0.3, -0.25) is 23.4 Å². The summed E-state index contributed by atoms with van der Waals surface area (Å²) in [6.45, 7) is 13.2. The number of aromatic amines is 1. The molecule has 0 unspecified atom stereocenters. The van der Waals surface area contributed by atoms with E-state index in [1.165, 1.54) is 40.7 Å². The van der Waals surface area contributed by atoms with E-state index in [0.29, 0.717) is 71.5 Å². The number of H-pyrrole nitrogens is 1. The maximum atomic E-state index is 16.1. The van der Waals surface area contributed by atoms with E-state index in [-0.39, 0.29) is 51.4 Å². The number of nitrogens with zero attached hydrogens (tertiary/aromatic N) is 8. The van der Waals surface area contributed by atoms with Gasteiger partial charge in [0.1, 0.15) is 28.7 Å². The van der Waals surface area contributed by atoms with Crippen LogP contribution in [0.2, 0.25) is 0 Å². The fourth-order valence-corrected chi connectivity index (χ4v) is 13.3. The second-order valence-electron chi connectivity index (χ2n) is 20.0. The Balaban J connectivity index is 1.04. The molecule has 1 N–H and O–H groups in total. The summed E-state index contributed by atoms with van der Waals surface area (Å²) in [6.07, 6.45) is 6.34. The molecule has 0 spiro atoms. The van der Waals surface area contributed by atoms with E-state index in [4.69, 9.17) is 14.4 Å². The predicted octanol–water partition coefficient (Wildman–Crippen LogP) is 8.03. The summed E-state index contributed by atoms with van der Waals surface area (Å²) in [7, 11) is -1.33. The quantitative estimate of drug-likeness (QED) is 0.152. The third kappa shape index (κ3) is 6.79. The van der Waals surface area contributed by atoms with E-state index in [9.17, 15) is 13.8 Å². The van der Waals surface area contributed by atoms with Crippen molar-refractivity contribution in [2.24, 2.45) is 15.7 Å². The molecule has 0 radical (unpaired) electrons. The Kier molecular flexibility index (Phi) is 10.1. The summed E-state index contributed by atoms with van der Waals surface area (Å²) in [6, 6.07) is 15.1. The Morgan fingerprint density at radius 3 is 2.35 bits per heavy atom. The van der Waals surface area contributed by atoms with Gasteiger partial charge in [-0.2, -0.15) is 5.10 Å². The number of aromatic nitrogens is 7. The molecule has 4 aliphatic rings. The Hall–Kier alpha value is -6.40. The van der Waals surface area contributed by atoms with Crippen LogP contribution >= 0.6 is 0 Å². The Morgan fingerprint density at radius 2 is 1.71 bits per heavy atom. The Bertz CT molecular complexity index is 3470. The number of imidazole rings is 1. The molecule has 6 heterocycles. The number of hydrogen-bond acceptors (Lipinski definition) is 9. The molecular weight excluding hydrogens is 893 g/mol. The number of fused-ring (bicyclic) bond motifs is 2. The number of benzene rings is 3. The molecule has 68 heavy (non-hydrogen) atoms. The van der Waals surface area contributed by atoms with E-state index in [1.807, 2.05) is 23.6 Å². The van der Waals surface area contributed by atoms with Crippen molar-refractivity contribution < 1.29 is 27.0 Å². The summed E-state index contributed by atoms with van der Waals surface area (Å²) < 4.78 is 66.5. The predicted molar refractivity (Wildman–Crippen MR) is 251 cm³/mol. The van der Waals surface area contributed by atoms with Crippen molar-refractivity contribution in [1.29, 1.82) is 0 Å². The van der Waals surface area contributed by atoms with E-state index in [0.717, 1.165) is 35.7 Å². The summed E-state index contributed by atoms with van der Waals surface area (Å²) in [5.41, 5.74) is 3.25. The number of ether oxygens (including phenoxy) is 1. The third-order valence-electron chi connectivity index (χ3n) is 14.8. The number of carbonyl (C=O) groups excluding carboxylic acids is 1. The summed E-state index contributed by atoms with van der Waals surface area (Å²) in [5, 5.41) is 9.95. The number of rotatable bonds is 9. The molecule has 2 aliphatic heterocycles. The van der Waals surface area contributed by atoms with Crippen molar-refractivity contribution in [1.82, 2.24) is 38.5 Å². The first-order valence-corrected chi connectivity index (χ1v) is 24.8. The van der Waals surface area contributed by atoms with E-state index in [1.54, 1.807) is 41.6 Å². The first-order valence-electron chi connectivity index (χ1n) is 23.2. The van der Waals surface area contributed by atoms with Crippen molar-refractivity contribution >= 4 is 26.5 Å². The van der Waals surface area contributed by atoms with Crippen LogP contribution in [0.4, 0.5) is 8.78 Å². The molecule has 2 aliphatic carbocycles. The first-order chi connectivity index (χ1) is 32.4. The van der Waals surface area contributed by atoms with E-state index >= 15 is 13.6 Å². The highest BCUT2D eigenvalue weighted by Crippen LogP contribution is 2.56. The summed E-state index contributed by atoms with van der Waals surface area (Å²) in [5.74, 6) is -1.28. The average Bonchev–Trinajstić information content (AvgIpc) is 4.04. The van der Waals surface area contributed by atoms with Crippen molar-refractivity contribution in [3.63, 3.8) is 0 Å². The standard InChI is InChI=1S/C50H53F2N9O6S/c1-27-18-34(19-28(2)43(27)52)61-44(59-17-16-58(48(59)64)40-13-11-36(22-37(40)51)68(65,53-7)35-9-10-35)42-30(4)57(15-14-38(42)55-61)45(62)41-21-32-20-31(33-24-49(5,6)26-66-25-33)8-12-39(32)60(41)50(23-29(50)3)46-54-47(63)67-56-46/h8,11-13,16-22,29-30,33,35H,9-10,14-15,23-26H2,1-7H3,(H,54,56,63)/t29-,30-,33+,50-,68-/m0/s1. The maximum absolute atomic E-state index is 16.1. The largest absolute Gasteiger partial charge is 0.438 e. The summed E-state index contributed by atoms with van der Waals surface area (Å²) >= 11 is 0. The molecule has 5 atom stereocenters. The number of aryl methyl sites for hydroxylation is 2. The molecule has 15 nitrogen and oxygen atoms in total. The fraction of sp³-hybridized carbons (Fsp3) is 0.420. The van der Waals surface area contributed by atoms with Gasteiger partial charge in [0.25, 0.3) is 5.91 Å². The zero-order valence-electron chi connectivity index (χ0n) is 39.0. The van der Waals surface area contributed by atoms with Crippen molar-refractivity contribution in [3.05, 3.63) is 139 Å². The molecule has 354 valence electrons. The minimum Gasteiger partial charge on any atom is -0.380 e. The Labute approximate surface area is 390 Å². The molecular formula is C50H53F2N9O6S. The van der Waals surface area contributed by atoms with Gasteiger partial charge in [-0.1, -0.05) is 32.0 Å². The summed E-state index contributed by atoms with van der Waals surface area (Å²) in [4.78, 5) is 47.6. The van der Waals surface area contributed by atoms with Crippen LogP contribution in [-0.4, -0.2) is 80.7 Å². The minimum atomic E-state index is -2.82. The molecule has 1 saturated heterocycles. The number of hydrogen-bond donors (Lipinski definition) is 1. The smallest absolute Gasteiger partial charge is 0.380 e. The molecule has 1 amide bonds. The normalized spacial score (nSPS) is 23.1. The van der Waals surface area contributed by atoms with Crippen LogP contribution < -0.4 is 11.4 Å². The van der Waals surface area contributed by atoms with Crippen LogP contribution in [-0.2, 0) is 26.4 Å². The van der Waals surface area contributed by atoms with Crippen LogP contribution in [0.3, 0.4) is 0 Å². The number of halogens is 2. The monoisotopic (exact) mass is 945 g/mol. The molecule has 11 rings (SSSR count). The third-order valence-corrected chi connectivity index (χ3v) is 17.6. The zero-order valence-corrected chi connectivity index (χ0v) is 39.8. The highest BCUT2D eigenvalue weighted by Gasteiger charge is 2.59. The molecule has 4 aromatic heterocycles. The van der Waals surface area contributed by atoms with Gasteiger partial charge in [0.05, 0.1) is 50.9 Å². The number of amides is 1. The molecule has 3 fully saturated rings. The lowest BCUT2D eigenvalue weighted by atomic mass is 9.79. The van der Waals surface area contributed by atoms with Crippen LogP contribution in [0.15, 0.2) is 90.4 Å². The molecule has 7 aromatic rings. The number of carbonyl (C=O) groups is 1. The molecule has 18 heteroatoms. The molecule has 2 saturated carbocycles. The maximum Gasteiger partial charge on any atom is 0.438 e. The highest BCUT2D eigenvalue weighted by molar-refractivity contribution is 7.94. The second kappa shape index (κ2) is 15.6. The lowest BCUT2D eigenvalue weighted by molar-refractivity contribution is -0.00187. The Morgan fingerprint density at radius 1 is 0.971 bits per heavy atom. The van der Waals surface area contributed by atoms with Crippen LogP contribution in [0.1, 0.15) is 110 Å². The van der Waals surface area contributed by atoms with Gasteiger partial charge in [0.15, 0.2) is 5.82 Å². The van der Waals surface area contributed by atoms with Crippen molar-refractivity contribution in [2.45, 2.75) is 101 Å². The average molecular weight is 946 g/mol. The zero-order chi connectivity index (χ0) is 47.8. The van der Waals surface area contributed by atoms with E-state index in [2.05, 4.69) is 47.4 Å². The lowest BCUT2D eigenvalue weighted by Crippen LogP contribution is -2.41. The van der Waals surface area contributed by atoms with Crippen LogP contribution in [0, 0.1) is 36.8 Å². The topological polar surface area (TPSA) is 168 Å². The van der Waals surface area contributed by atoms with Gasteiger partial charge < -0.3 is 14.2 Å². The van der Waals surface area contributed by atoms with Crippen LogP contribution in [0.5, 0.6) is 0 Å².